The Bertz CT molecular complexity index is 98.5. The molecule has 0 fully saturated rings. The highest BCUT2D eigenvalue weighted by Gasteiger charge is 2.11. The minimum absolute atomic E-state index is 0.0175. The summed E-state index contributed by atoms with van der Waals surface area (Å²) in [5.41, 5.74) is 0. The molecule has 54 valence electrons. The molecule has 0 aromatic rings. The Hall–Kier alpha value is -0.570. The second kappa shape index (κ2) is 3.45. The Kier molecular flexibility index (Phi) is 3.24. The molecule has 0 aliphatic rings. The van der Waals surface area contributed by atoms with Gasteiger partial charge in [0.2, 0.25) is 0 Å². The molecule has 0 heterocycles. The van der Waals surface area contributed by atoms with Crippen LogP contribution in [0.15, 0.2) is 0 Å². The fraction of sp³-hybridized carbons (Fsp3) is 0.833. The number of hydrogen-bond donors (Lipinski definition) is 1. The van der Waals surface area contributed by atoms with Gasteiger partial charge in [0.05, 0.1) is 6.10 Å². The third kappa shape index (κ3) is 3.97. The molecule has 0 radical (unpaired) electrons. The van der Waals surface area contributed by atoms with Crippen LogP contribution in [0.4, 0.5) is 0 Å². The number of hydrogen-bond acceptors (Lipinski definition) is 2. The Morgan fingerprint density at radius 1 is 1.44 bits per heavy atom. The van der Waals surface area contributed by atoms with Crippen LogP contribution in [0.1, 0.15) is 20.8 Å². The number of carboxylic acids is 1. The number of rotatable bonds is 3. The van der Waals surface area contributed by atoms with Crippen molar-refractivity contribution in [2.45, 2.75) is 33.0 Å². The molecule has 1 N–H and O–H groups in total. The summed E-state index contributed by atoms with van der Waals surface area (Å²) in [6, 6.07) is 0. The maximum absolute atomic E-state index is 10.1. The summed E-state index contributed by atoms with van der Waals surface area (Å²) in [6.45, 7) is 5.13. The largest absolute Gasteiger partial charge is 0.479 e. The standard InChI is InChI=1S/C6H12O3/c1-4(2)9-5(3)6(7)8/h4-5H,1-3H3,(H,7,8)/t5-/m0/s1. The fourth-order valence-corrected chi connectivity index (χ4v) is 0.466. The lowest BCUT2D eigenvalue weighted by atomic mass is 10.4. The van der Waals surface area contributed by atoms with Crippen molar-refractivity contribution in [1.29, 1.82) is 0 Å². The van der Waals surface area contributed by atoms with Gasteiger partial charge in [-0.3, -0.25) is 0 Å². The molecule has 0 bridgehead atoms. The predicted molar refractivity (Wildman–Crippen MR) is 33.3 cm³/mol. The fourth-order valence-electron chi connectivity index (χ4n) is 0.466. The zero-order valence-electron chi connectivity index (χ0n) is 5.92. The molecule has 0 aromatic carbocycles. The molecular formula is C6H12O3. The van der Waals surface area contributed by atoms with E-state index in [-0.39, 0.29) is 6.10 Å². The Labute approximate surface area is 54.6 Å². The first-order chi connectivity index (χ1) is 4.04. The third-order valence-electron chi connectivity index (χ3n) is 0.824. The Morgan fingerprint density at radius 3 is 2.00 bits per heavy atom. The van der Waals surface area contributed by atoms with Gasteiger partial charge < -0.3 is 9.84 Å². The highest BCUT2D eigenvalue weighted by Crippen LogP contribution is 1.95. The number of carboxylic acid groups (broad SMARTS) is 1. The third-order valence-corrected chi connectivity index (χ3v) is 0.824. The highest BCUT2D eigenvalue weighted by molar-refractivity contribution is 5.71. The van der Waals surface area contributed by atoms with Gasteiger partial charge in [0.15, 0.2) is 6.10 Å². The predicted octanol–water partition coefficient (Wildman–Crippen LogP) is 0.885. The summed E-state index contributed by atoms with van der Waals surface area (Å²) in [5.74, 6) is -0.913. The molecule has 0 saturated heterocycles. The molecule has 0 amide bonds. The smallest absolute Gasteiger partial charge is 0.332 e. The topological polar surface area (TPSA) is 46.5 Å². The molecule has 0 aliphatic carbocycles. The van der Waals surface area contributed by atoms with Crippen LogP contribution in [0.3, 0.4) is 0 Å². The van der Waals surface area contributed by atoms with Crippen LogP contribution >= 0.6 is 0 Å². The van der Waals surface area contributed by atoms with Gasteiger partial charge in [-0.05, 0) is 20.8 Å². The maximum atomic E-state index is 10.1. The monoisotopic (exact) mass is 132 g/mol. The van der Waals surface area contributed by atoms with Crippen molar-refractivity contribution in [3.05, 3.63) is 0 Å². The van der Waals surface area contributed by atoms with Gasteiger partial charge in [-0.15, -0.1) is 0 Å². The first-order valence-electron chi connectivity index (χ1n) is 2.92. The van der Waals surface area contributed by atoms with E-state index < -0.39 is 12.1 Å². The molecule has 0 aliphatic heterocycles. The lowest BCUT2D eigenvalue weighted by Crippen LogP contribution is -2.23. The number of aliphatic carboxylic acids is 1. The average molecular weight is 132 g/mol. The van der Waals surface area contributed by atoms with Crippen molar-refractivity contribution in [3.8, 4) is 0 Å². The molecular weight excluding hydrogens is 120 g/mol. The van der Waals surface area contributed by atoms with Crippen molar-refractivity contribution in [1.82, 2.24) is 0 Å². The first-order valence-corrected chi connectivity index (χ1v) is 2.92. The lowest BCUT2D eigenvalue weighted by molar-refractivity contribution is -0.151. The average Bonchev–Trinajstić information content (AvgIpc) is 1.63. The molecule has 1 atom stereocenters. The minimum atomic E-state index is -0.913. The zero-order chi connectivity index (χ0) is 7.44. The quantitative estimate of drug-likeness (QED) is 0.620. The first kappa shape index (κ1) is 8.43. The Balaban J connectivity index is 3.50. The van der Waals surface area contributed by atoms with Crippen LogP contribution in [-0.2, 0) is 9.53 Å². The minimum Gasteiger partial charge on any atom is -0.479 e. The van der Waals surface area contributed by atoms with Gasteiger partial charge in [-0.1, -0.05) is 0 Å². The van der Waals surface area contributed by atoms with Crippen LogP contribution in [0.5, 0.6) is 0 Å². The summed E-state index contributed by atoms with van der Waals surface area (Å²) in [5, 5.41) is 8.31. The summed E-state index contributed by atoms with van der Waals surface area (Å²) in [4.78, 5) is 10.1. The molecule has 0 rings (SSSR count). The summed E-state index contributed by atoms with van der Waals surface area (Å²) < 4.78 is 4.91. The summed E-state index contributed by atoms with van der Waals surface area (Å²) in [7, 11) is 0. The van der Waals surface area contributed by atoms with Crippen LogP contribution < -0.4 is 0 Å². The van der Waals surface area contributed by atoms with Gasteiger partial charge >= 0.3 is 5.97 Å². The molecule has 0 saturated carbocycles. The van der Waals surface area contributed by atoms with Crippen LogP contribution in [-0.4, -0.2) is 23.3 Å². The highest BCUT2D eigenvalue weighted by atomic mass is 16.5. The second-order valence-electron chi connectivity index (χ2n) is 2.17. The van der Waals surface area contributed by atoms with Crippen LogP contribution in [0.2, 0.25) is 0 Å². The van der Waals surface area contributed by atoms with E-state index in [0.717, 1.165) is 0 Å². The Morgan fingerprint density at radius 2 is 1.89 bits per heavy atom. The van der Waals surface area contributed by atoms with E-state index in [4.69, 9.17) is 9.84 Å². The van der Waals surface area contributed by atoms with E-state index in [9.17, 15) is 4.79 Å². The van der Waals surface area contributed by atoms with Crippen molar-refractivity contribution < 1.29 is 14.6 Å². The molecule has 0 unspecified atom stereocenters. The van der Waals surface area contributed by atoms with Gasteiger partial charge in [-0.25, -0.2) is 4.79 Å². The maximum Gasteiger partial charge on any atom is 0.332 e. The van der Waals surface area contributed by atoms with Crippen LogP contribution in [0, 0.1) is 0 Å². The van der Waals surface area contributed by atoms with E-state index in [2.05, 4.69) is 0 Å². The van der Waals surface area contributed by atoms with Gasteiger partial charge in [0.25, 0.3) is 0 Å². The van der Waals surface area contributed by atoms with Gasteiger partial charge in [-0.2, -0.15) is 0 Å². The van der Waals surface area contributed by atoms with Gasteiger partial charge in [0, 0.05) is 0 Å². The van der Waals surface area contributed by atoms with E-state index in [0.29, 0.717) is 0 Å². The van der Waals surface area contributed by atoms with Crippen molar-refractivity contribution in [2.24, 2.45) is 0 Å². The SMILES string of the molecule is CC(C)O[C@@H](C)C(=O)O. The molecule has 0 spiro atoms. The van der Waals surface area contributed by atoms with Crippen molar-refractivity contribution in [2.75, 3.05) is 0 Å². The van der Waals surface area contributed by atoms with E-state index in [1.807, 2.05) is 0 Å². The van der Waals surface area contributed by atoms with Crippen LogP contribution in [0.25, 0.3) is 0 Å². The molecule has 9 heavy (non-hydrogen) atoms. The number of carbonyl (C=O) groups is 1. The number of ether oxygens (including phenoxy) is 1. The molecule has 3 nitrogen and oxygen atoms in total. The zero-order valence-corrected chi connectivity index (χ0v) is 5.92. The second-order valence-corrected chi connectivity index (χ2v) is 2.17. The van der Waals surface area contributed by atoms with E-state index in [1.54, 1.807) is 13.8 Å². The van der Waals surface area contributed by atoms with Crippen molar-refractivity contribution >= 4 is 5.97 Å². The van der Waals surface area contributed by atoms with Crippen molar-refractivity contribution in [3.63, 3.8) is 0 Å². The van der Waals surface area contributed by atoms with Gasteiger partial charge in [0.1, 0.15) is 0 Å². The molecule has 0 aromatic heterocycles. The summed E-state index contributed by atoms with van der Waals surface area (Å²) in [6.07, 6.45) is -0.707. The summed E-state index contributed by atoms with van der Waals surface area (Å²) >= 11 is 0. The van der Waals surface area contributed by atoms with E-state index in [1.165, 1.54) is 6.92 Å². The van der Waals surface area contributed by atoms with E-state index >= 15 is 0 Å². The normalized spacial score (nSPS) is 13.8. The lowest BCUT2D eigenvalue weighted by Gasteiger charge is -2.10. The molecule has 3 heteroatoms.